The third-order valence-corrected chi connectivity index (χ3v) is 4.83. The zero-order chi connectivity index (χ0) is 16.7. The number of aromatic nitrogens is 4. The molecule has 124 valence electrons. The number of nitrogens with zero attached hydrogens (tertiary/aromatic N) is 5. The first-order valence-electron chi connectivity index (χ1n) is 7.91. The van der Waals surface area contributed by atoms with Crippen LogP contribution in [0, 0.1) is 13.8 Å². The summed E-state index contributed by atoms with van der Waals surface area (Å²) < 4.78 is 7.46. The van der Waals surface area contributed by atoms with E-state index in [4.69, 9.17) is 16.0 Å². The first-order chi connectivity index (χ1) is 11.6. The van der Waals surface area contributed by atoms with Crippen LogP contribution >= 0.6 is 11.6 Å². The molecule has 0 fully saturated rings. The van der Waals surface area contributed by atoms with Crippen molar-refractivity contribution in [1.29, 1.82) is 0 Å². The molecule has 24 heavy (non-hydrogen) atoms. The van der Waals surface area contributed by atoms with Crippen molar-refractivity contribution in [1.82, 2.24) is 24.6 Å². The number of rotatable bonds is 3. The summed E-state index contributed by atoms with van der Waals surface area (Å²) in [4.78, 5) is 10.9. The third-order valence-electron chi connectivity index (χ3n) is 4.44. The van der Waals surface area contributed by atoms with Gasteiger partial charge in [0.1, 0.15) is 6.26 Å². The molecule has 3 aromatic heterocycles. The highest BCUT2D eigenvalue weighted by Crippen LogP contribution is 2.27. The molecule has 0 aromatic carbocycles. The second-order valence-electron chi connectivity index (χ2n) is 6.10. The number of hydrogen-bond donors (Lipinski definition) is 0. The molecule has 0 N–H and O–H groups in total. The van der Waals surface area contributed by atoms with Crippen molar-refractivity contribution >= 4 is 11.6 Å². The Bertz CT molecular complexity index is 871. The lowest BCUT2D eigenvalue weighted by molar-refractivity contribution is 0.204. The number of halogens is 1. The second-order valence-corrected chi connectivity index (χ2v) is 6.51. The summed E-state index contributed by atoms with van der Waals surface area (Å²) in [7, 11) is 0. The number of aryl methyl sites for hydroxylation is 1. The minimum atomic E-state index is 0.579. The smallest absolute Gasteiger partial charge is 0.247 e. The van der Waals surface area contributed by atoms with Crippen molar-refractivity contribution in [2.45, 2.75) is 33.5 Å². The SMILES string of the molecule is Cc1ncc(CN2CCn3nc(-c4ncco4)c(C)c3C2)cc1Cl. The van der Waals surface area contributed by atoms with Crippen molar-refractivity contribution in [3.05, 3.63) is 52.3 Å². The van der Waals surface area contributed by atoms with Crippen LogP contribution < -0.4 is 0 Å². The van der Waals surface area contributed by atoms with Crippen LogP contribution in [0.2, 0.25) is 5.02 Å². The number of pyridine rings is 1. The molecule has 0 saturated carbocycles. The van der Waals surface area contributed by atoms with Crippen molar-refractivity contribution in [2.75, 3.05) is 6.54 Å². The van der Waals surface area contributed by atoms with Gasteiger partial charge in [0.25, 0.3) is 0 Å². The van der Waals surface area contributed by atoms with E-state index in [9.17, 15) is 0 Å². The third kappa shape index (κ3) is 2.72. The Hall–Kier alpha value is -2.18. The maximum Gasteiger partial charge on any atom is 0.247 e. The normalized spacial score (nSPS) is 14.8. The van der Waals surface area contributed by atoms with Gasteiger partial charge < -0.3 is 4.42 Å². The lowest BCUT2D eigenvalue weighted by atomic mass is 10.1. The summed E-state index contributed by atoms with van der Waals surface area (Å²) in [6, 6.07) is 2.00. The highest BCUT2D eigenvalue weighted by molar-refractivity contribution is 6.31. The van der Waals surface area contributed by atoms with Crippen molar-refractivity contribution in [3.63, 3.8) is 0 Å². The fraction of sp³-hybridized carbons (Fsp3) is 0.353. The average Bonchev–Trinajstić information content (AvgIpc) is 3.20. The van der Waals surface area contributed by atoms with Gasteiger partial charge in [0.05, 0.1) is 29.2 Å². The quantitative estimate of drug-likeness (QED) is 0.730. The fourth-order valence-corrected chi connectivity index (χ4v) is 3.26. The van der Waals surface area contributed by atoms with E-state index in [1.807, 2.05) is 19.2 Å². The number of hydrogen-bond acceptors (Lipinski definition) is 5. The van der Waals surface area contributed by atoms with E-state index in [-0.39, 0.29) is 0 Å². The summed E-state index contributed by atoms with van der Waals surface area (Å²) in [5.74, 6) is 0.579. The Morgan fingerprint density at radius 2 is 2.12 bits per heavy atom. The van der Waals surface area contributed by atoms with Crippen LogP contribution in [0.3, 0.4) is 0 Å². The van der Waals surface area contributed by atoms with E-state index in [1.54, 1.807) is 12.5 Å². The molecule has 0 spiro atoms. The molecule has 0 atom stereocenters. The number of fused-ring (bicyclic) bond motifs is 1. The van der Waals surface area contributed by atoms with Gasteiger partial charge in [0, 0.05) is 31.4 Å². The van der Waals surface area contributed by atoms with Gasteiger partial charge >= 0.3 is 0 Å². The van der Waals surface area contributed by atoms with Crippen molar-refractivity contribution in [2.24, 2.45) is 0 Å². The second kappa shape index (κ2) is 6.03. The molecule has 4 heterocycles. The van der Waals surface area contributed by atoms with E-state index in [0.29, 0.717) is 5.89 Å². The molecule has 0 bridgehead atoms. The predicted molar refractivity (Wildman–Crippen MR) is 90.6 cm³/mol. The van der Waals surface area contributed by atoms with E-state index in [0.717, 1.165) is 53.7 Å². The monoisotopic (exact) mass is 343 g/mol. The van der Waals surface area contributed by atoms with E-state index in [2.05, 4.69) is 31.6 Å². The molecule has 1 aliphatic heterocycles. The van der Waals surface area contributed by atoms with Crippen LogP contribution in [-0.2, 0) is 19.6 Å². The molecule has 4 rings (SSSR count). The van der Waals surface area contributed by atoms with Crippen LogP contribution in [0.25, 0.3) is 11.6 Å². The van der Waals surface area contributed by atoms with Gasteiger partial charge in [0.15, 0.2) is 5.69 Å². The van der Waals surface area contributed by atoms with Crippen LogP contribution in [0.15, 0.2) is 29.1 Å². The molecule has 0 radical (unpaired) electrons. The fourth-order valence-electron chi connectivity index (χ4n) is 3.07. The molecule has 7 heteroatoms. The first-order valence-corrected chi connectivity index (χ1v) is 8.29. The average molecular weight is 344 g/mol. The van der Waals surface area contributed by atoms with E-state index < -0.39 is 0 Å². The number of oxazole rings is 1. The molecule has 6 nitrogen and oxygen atoms in total. The highest BCUT2D eigenvalue weighted by atomic mass is 35.5. The molecule has 0 saturated heterocycles. The summed E-state index contributed by atoms with van der Waals surface area (Å²) in [5, 5.41) is 5.38. The van der Waals surface area contributed by atoms with E-state index in [1.165, 1.54) is 5.69 Å². The maximum absolute atomic E-state index is 6.19. The minimum absolute atomic E-state index is 0.579. The molecular formula is C17H18ClN5O. The molecule has 0 unspecified atom stereocenters. The zero-order valence-electron chi connectivity index (χ0n) is 13.7. The Balaban J connectivity index is 1.56. The summed E-state index contributed by atoms with van der Waals surface area (Å²) >= 11 is 6.19. The first kappa shape index (κ1) is 15.4. The lowest BCUT2D eigenvalue weighted by Gasteiger charge is -2.28. The molecule has 3 aromatic rings. The van der Waals surface area contributed by atoms with Crippen molar-refractivity contribution in [3.8, 4) is 11.6 Å². The zero-order valence-corrected chi connectivity index (χ0v) is 14.4. The van der Waals surface area contributed by atoms with Gasteiger partial charge in [-0.2, -0.15) is 5.10 Å². The minimum Gasteiger partial charge on any atom is -0.443 e. The predicted octanol–water partition coefficient (Wildman–Crippen LogP) is 3.22. The summed E-state index contributed by atoms with van der Waals surface area (Å²) in [6.45, 7) is 7.44. The van der Waals surface area contributed by atoms with Gasteiger partial charge in [-0.15, -0.1) is 0 Å². The Morgan fingerprint density at radius 3 is 2.88 bits per heavy atom. The Labute approximate surface area is 145 Å². The van der Waals surface area contributed by atoms with Gasteiger partial charge in [-0.3, -0.25) is 14.6 Å². The lowest BCUT2D eigenvalue weighted by Crippen LogP contribution is -2.33. The van der Waals surface area contributed by atoms with Gasteiger partial charge in [0.2, 0.25) is 5.89 Å². The van der Waals surface area contributed by atoms with Crippen LogP contribution in [0.1, 0.15) is 22.5 Å². The molecular weight excluding hydrogens is 326 g/mol. The van der Waals surface area contributed by atoms with Crippen LogP contribution in [-0.4, -0.2) is 31.2 Å². The van der Waals surface area contributed by atoms with Gasteiger partial charge in [-0.25, -0.2) is 4.98 Å². The Kier molecular flexibility index (Phi) is 3.86. The molecule has 0 amide bonds. The maximum atomic E-state index is 6.19. The molecule has 0 aliphatic carbocycles. The summed E-state index contributed by atoms with van der Waals surface area (Å²) in [5.41, 5.74) is 5.16. The largest absolute Gasteiger partial charge is 0.443 e. The summed E-state index contributed by atoms with van der Waals surface area (Å²) in [6.07, 6.45) is 5.12. The topological polar surface area (TPSA) is 60.0 Å². The van der Waals surface area contributed by atoms with E-state index >= 15 is 0 Å². The van der Waals surface area contributed by atoms with Crippen LogP contribution in [0.4, 0.5) is 0 Å². The Morgan fingerprint density at radius 1 is 1.25 bits per heavy atom. The van der Waals surface area contributed by atoms with Gasteiger partial charge in [-0.1, -0.05) is 11.6 Å². The molecule has 1 aliphatic rings. The van der Waals surface area contributed by atoms with Crippen LogP contribution in [0.5, 0.6) is 0 Å². The van der Waals surface area contributed by atoms with Gasteiger partial charge in [-0.05, 0) is 25.5 Å². The highest BCUT2D eigenvalue weighted by Gasteiger charge is 2.24. The standard InChI is InChI=1S/C17H18ClN5O/c1-11-15-10-22(9-13-7-14(18)12(2)20-8-13)4-5-23(15)21-16(11)17-19-3-6-24-17/h3,6-8H,4-5,9-10H2,1-2H3. The van der Waals surface area contributed by atoms with Crippen molar-refractivity contribution < 1.29 is 4.42 Å².